The maximum atomic E-state index is 12.3. The van der Waals surface area contributed by atoms with Crippen LogP contribution in [0.5, 0.6) is 0 Å². The van der Waals surface area contributed by atoms with E-state index in [9.17, 15) is 8.42 Å². The number of rotatable bonds is 10. The zero-order valence-corrected chi connectivity index (χ0v) is 19.9. The van der Waals surface area contributed by atoms with Crippen molar-refractivity contribution in [2.45, 2.75) is 39.7 Å². The maximum Gasteiger partial charge on any atom is 0.215 e. The standard InChI is InChI=1S/C20H37N5O2S2/c1-5-25(6-2)29(26,27)15-11-22-20(21-4)23-16-18(19-8-7-14-28-19)24-12-9-17(3)10-13-24/h7-8,14,17-18H,5-6,9-13,15-16H2,1-4H3,(H2,21,22,23). The molecule has 1 aliphatic heterocycles. The lowest BCUT2D eigenvalue weighted by Gasteiger charge is -2.36. The fraction of sp³-hybridized carbons (Fsp3) is 0.750. The number of likely N-dealkylation sites (tertiary alicyclic amines) is 1. The number of nitrogens with zero attached hydrogens (tertiary/aromatic N) is 3. The van der Waals surface area contributed by atoms with Crippen molar-refractivity contribution in [3.63, 3.8) is 0 Å². The third kappa shape index (κ3) is 7.24. The van der Waals surface area contributed by atoms with Gasteiger partial charge in [0.2, 0.25) is 10.0 Å². The van der Waals surface area contributed by atoms with Gasteiger partial charge in [0.1, 0.15) is 0 Å². The summed E-state index contributed by atoms with van der Waals surface area (Å²) < 4.78 is 26.2. The highest BCUT2D eigenvalue weighted by Crippen LogP contribution is 2.29. The van der Waals surface area contributed by atoms with Gasteiger partial charge in [0, 0.05) is 38.1 Å². The van der Waals surface area contributed by atoms with Crippen LogP contribution in [0.3, 0.4) is 0 Å². The molecule has 9 heteroatoms. The molecule has 1 saturated heterocycles. The van der Waals surface area contributed by atoms with Crippen molar-refractivity contribution >= 4 is 27.3 Å². The molecule has 0 aromatic carbocycles. The number of guanidine groups is 1. The average molecular weight is 444 g/mol. The number of nitrogens with one attached hydrogen (secondary N) is 2. The Hall–Kier alpha value is -1.16. The van der Waals surface area contributed by atoms with E-state index in [2.05, 4.69) is 45.0 Å². The van der Waals surface area contributed by atoms with Gasteiger partial charge in [0.05, 0.1) is 11.8 Å². The Balaban J connectivity index is 1.90. The highest BCUT2D eigenvalue weighted by molar-refractivity contribution is 7.89. The zero-order valence-electron chi connectivity index (χ0n) is 18.2. The van der Waals surface area contributed by atoms with E-state index in [-0.39, 0.29) is 5.75 Å². The Bertz CT molecular complexity index is 709. The Morgan fingerprint density at radius 1 is 1.31 bits per heavy atom. The van der Waals surface area contributed by atoms with Crippen LogP contribution in [0.1, 0.15) is 44.5 Å². The number of piperidine rings is 1. The van der Waals surface area contributed by atoms with Crippen molar-refractivity contribution in [1.29, 1.82) is 0 Å². The molecule has 0 bridgehead atoms. The molecular weight excluding hydrogens is 406 g/mol. The molecule has 0 aliphatic carbocycles. The predicted molar refractivity (Wildman–Crippen MR) is 123 cm³/mol. The summed E-state index contributed by atoms with van der Waals surface area (Å²) in [5.41, 5.74) is 0. The van der Waals surface area contributed by atoms with E-state index in [4.69, 9.17) is 0 Å². The number of thiophene rings is 1. The van der Waals surface area contributed by atoms with Crippen molar-refractivity contribution in [2.24, 2.45) is 10.9 Å². The van der Waals surface area contributed by atoms with Crippen molar-refractivity contribution in [1.82, 2.24) is 19.8 Å². The molecule has 1 unspecified atom stereocenters. The maximum absolute atomic E-state index is 12.3. The van der Waals surface area contributed by atoms with Crippen molar-refractivity contribution in [2.75, 3.05) is 52.1 Å². The van der Waals surface area contributed by atoms with Crippen LogP contribution in [0, 0.1) is 5.92 Å². The van der Waals surface area contributed by atoms with Crippen molar-refractivity contribution in [3.8, 4) is 0 Å². The molecule has 1 fully saturated rings. The van der Waals surface area contributed by atoms with Crippen molar-refractivity contribution < 1.29 is 8.42 Å². The van der Waals surface area contributed by atoms with Gasteiger partial charge in [-0.2, -0.15) is 0 Å². The van der Waals surface area contributed by atoms with Crippen LogP contribution >= 0.6 is 11.3 Å². The lowest BCUT2D eigenvalue weighted by Crippen LogP contribution is -2.46. The van der Waals surface area contributed by atoms with Gasteiger partial charge in [0.15, 0.2) is 5.96 Å². The first-order valence-corrected chi connectivity index (χ1v) is 13.1. The van der Waals surface area contributed by atoms with Crippen LogP contribution in [0.15, 0.2) is 22.5 Å². The number of sulfonamides is 1. The highest BCUT2D eigenvalue weighted by atomic mass is 32.2. The number of hydrogen-bond donors (Lipinski definition) is 2. The minimum Gasteiger partial charge on any atom is -0.355 e. The average Bonchev–Trinajstić information content (AvgIpc) is 3.23. The molecule has 0 amide bonds. The Morgan fingerprint density at radius 2 is 2.00 bits per heavy atom. The molecule has 0 saturated carbocycles. The van der Waals surface area contributed by atoms with Gasteiger partial charge in [-0.15, -0.1) is 11.3 Å². The second-order valence-corrected chi connectivity index (χ2v) is 10.6. The van der Waals surface area contributed by atoms with Crippen LogP contribution < -0.4 is 10.6 Å². The summed E-state index contributed by atoms with van der Waals surface area (Å²) in [5, 5.41) is 8.69. The van der Waals surface area contributed by atoms with E-state index >= 15 is 0 Å². The lowest BCUT2D eigenvalue weighted by atomic mass is 9.97. The first-order chi connectivity index (χ1) is 13.9. The molecule has 1 aromatic rings. The monoisotopic (exact) mass is 443 g/mol. The molecule has 7 nitrogen and oxygen atoms in total. The number of aliphatic imine (C=N–C) groups is 1. The summed E-state index contributed by atoms with van der Waals surface area (Å²) >= 11 is 1.79. The molecule has 29 heavy (non-hydrogen) atoms. The summed E-state index contributed by atoms with van der Waals surface area (Å²) in [6, 6.07) is 4.60. The molecular formula is C20H37N5O2S2. The van der Waals surface area contributed by atoms with Gasteiger partial charge in [-0.3, -0.25) is 9.89 Å². The van der Waals surface area contributed by atoms with Crippen molar-refractivity contribution in [3.05, 3.63) is 22.4 Å². The largest absolute Gasteiger partial charge is 0.355 e. The van der Waals surface area contributed by atoms with E-state index < -0.39 is 10.0 Å². The molecule has 166 valence electrons. The second kappa shape index (κ2) is 11.9. The van der Waals surface area contributed by atoms with Crippen LogP contribution in [0.25, 0.3) is 0 Å². The predicted octanol–water partition coefficient (Wildman–Crippen LogP) is 2.36. The zero-order chi connectivity index (χ0) is 21.3. The van der Waals surface area contributed by atoms with E-state index in [1.807, 2.05) is 13.8 Å². The SMILES string of the molecule is CCN(CC)S(=O)(=O)CCNC(=NC)NCC(c1cccs1)N1CCC(C)CC1. The molecule has 2 rings (SSSR count). The van der Waals surface area contributed by atoms with Gasteiger partial charge in [0.25, 0.3) is 0 Å². The van der Waals surface area contributed by atoms with Gasteiger partial charge >= 0.3 is 0 Å². The molecule has 2 heterocycles. The molecule has 2 N–H and O–H groups in total. The molecule has 1 aliphatic rings. The summed E-state index contributed by atoms with van der Waals surface area (Å²) in [5.74, 6) is 1.50. The summed E-state index contributed by atoms with van der Waals surface area (Å²) in [6.07, 6.45) is 2.47. The van der Waals surface area contributed by atoms with Gasteiger partial charge < -0.3 is 10.6 Å². The molecule has 0 radical (unpaired) electrons. The van der Waals surface area contributed by atoms with E-state index in [1.54, 1.807) is 18.4 Å². The Labute approximate surface area is 180 Å². The minimum absolute atomic E-state index is 0.0632. The fourth-order valence-corrected chi connectivity index (χ4v) is 5.96. The Kier molecular flexibility index (Phi) is 9.88. The van der Waals surface area contributed by atoms with Gasteiger partial charge in [-0.25, -0.2) is 12.7 Å². The topological polar surface area (TPSA) is 77.0 Å². The van der Waals surface area contributed by atoms with Gasteiger partial charge in [-0.1, -0.05) is 26.8 Å². The van der Waals surface area contributed by atoms with Gasteiger partial charge in [-0.05, 0) is 43.3 Å². The highest BCUT2D eigenvalue weighted by Gasteiger charge is 2.25. The van der Waals surface area contributed by atoms with E-state index in [0.717, 1.165) is 25.6 Å². The first-order valence-electron chi connectivity index (χ1n) is 10.6. The van der Waals surface area contributed by atoms with E-state index in [1.165, 1.54) is 22.0 Å². The fourth-order valence-electron chi connectivity index (χ4n) is 3.69. The summed E-state index contributed by atoms with van der Waals surface area (Å²) in [7, 11) is -1.51. The molecule has 1 aromatic heterocycles. The smallest absolute Gasteiger partial charge is 0.215 e. The first kappa shape index (κ1) is 24.1. The minimum atomic E-state index is -3.23. The third-order valence-electron chi connectivity index (χ3n) is 5.57. The van der Waals surface area contributed by atoms with Crippen LogP contribution in [0.2, 0.25) is 0 Å². The molecule has 0 spiro atoms. The Morgan fingerprint density at radius 3 is 2.55 bits per heavy atom. The number of hydrogen-bond acceptors (Lipinski definition) is 5. The molecule has 1 atom stereocenters. The van der Waals surface area contributed by atoms with Crippen LogP contribution in [0.4, 0.5) is 0 Å². The third-order valence-corrected chi connectivity index (χ3v) is 8.57. The summed E-state index contributed by atoms with van der Waals surface area (Å²) in [4.78, 5) is 8.18. The summed E-state index contributed by atoms with van der Waals surface area (Å²) in [6.45, 7) is 10.4. The van der Waals surface area contributed by atoms with Crippen LogP contribution in [-0.4, -0.2) is 75.7 Å². The van der Waals surface area contributed by atoms with Crippen LogP contribution in [-0.2, 0) is 10.0 Å². The lowest BCUT2D eigenvalue weighted by molar-refractivity contribution is 0.140. The quantitative estimate of drug-likeness (QED) is 0.429. The van der Waals surface area contributed by atoms with E-state index in [0.29, 0.717) is 31.6 Å². The second-order valence-electron chi connectivity index (χ2n) is 7.53. The normalized spacial score (nSPS) is 18.2.